The highest BCUT2D eigenvalue weighted by atomic mass is 31.2. The zero-order valence-corrected chi connectivity index (χ0v) is 19.3. The maximum absolute atomic E-state index is 12.8. The van der Waals surface area contributed by atoms with Crippen LogP contribution in [0.4, 0.5) is 0 Å². The average Bonchev–Trinajstić information content (AvgIpc) is 2.64. The molecule has 0 radical (unpaired) electrons. The molecule has 1 fully saturated rings. The molecule has 0 aromatic rings. The first kappa shape index (κ1) is 27.2. The highest BCUT2D eigenvalue weighted by Crippen LogP contribution is 2.49. The molecular weight excluding hydrogens is 435 g/mol. The molecule has 0 unspecified atom stereocenters. The summed E-state index contributed by atoms with van der Waals surface area (Å²) in [5.74, 6) is -2.10. The van der Waals surface area contributed by atoms with Gasteiger partial charge in [0.2, 0.25) is 0 Å². The number of ether oxygens (including phenoxy) is 4. The molecule has 0 N–H and O–H groups in total. The molecule has 0 aromatic heterocycles. The van der Waals surface area contributed by atoms with Crippen LogP contribution >= 0.6 is 7.60 Å². The standard InChI is InChI=1S/C19H31O11P/c1-6-25-31(24,26-7-2)11-9-16-18(28-13(4)22)19(29-14(5)23)17(27-12(3)21)15(30-16)8-10-20/h10,15-19H,6-9,11H2,1-5H3/t15-,16-,17-,18-,19-/m1/s1. The summed E-state index contributed by atoms with van der Waals surface area (Å²) in [7, 11) is -3.45. The van der Waals surface area contributed by atoms with Crippen molar-refractivity contribution >= 4 is 31.8 Å². The number of rotatable bonds is 12. The summed E-state index contributed by atoms with van der Waals surface area (Å²) in [5.41, 5.74) is 0. The van der Waals surface area contributed by atoms with Crippen molar-refractivity contribution in [1.82, 2.24) is 0 Å². The van der Waals surface area contributed by atoms with Crippen molar-refractivity contribution in [3.05, 3.63) is 0 Å². The van der Waals surface area contributed by atoms with Gasteiger partial charge in [0.15, 0.2) is 18.3 Å². The maximum atomic E-state index is 12.8. The summed E-state index contributed by atoms with van der Waals surface area (Å²) in [6, 6.07) is 0. The van der Waals surface area contributed by atoms with Gasteiger partial charge in [0, 0.05) is 27.2 Å². The molecule has 1 aliphatic heterocycles. The van der Waals surface area contributed by atoms with Gasteiger partial charge in [-0.15, -0.1) is 0 Å². The number of carbonyl (C=O) groups excluding carboxylic acids is 4. The van der Waals surface area contributed by atoms with E-state index in [9.17, 15) is 23.7 Å². The lowest BCUT2D eigenvalue weighted by Gasteiger charge is -2.44. The van der Waals surface area contributed by atoms with Gasteiger partial charge < -0.3 is 32.8 Å². The number of aldehydes is 1. The molecule has 31 heavy (non-hydrogen) atoms. The molecule has 0 aromatic carbocycles. The molecule has 12 heteroatoms. The molecule has 0 saturated carbocycles. The van der Waals surface area contributed by atoms with Gasteiger partial charge in [-0.1, -0.05) is 0 Å². The number of hydrogen-bond donors (Lipinski definition) is 0. The average molecular weight is 466 g/mol. The Morgan fingerprint density at radius 1 is 0.839 bits per heavy atom. The second-order valence-corrected chi connectivity index (χ2v) is 8.98. The lowest BCUT2D eigenvalue weighted by atomic mass is 9.91. The zero-order valence-electron chi connectivity index (χ0n) is 18.4. The molecule has 178 valence electrons. The molecule has 1 aliphatic rings. The quantitative estimate of drug-likeness (QED) is 0.180. The smallest absolute Gasteiger partial charge is 0.330 e. The normalized spacial score (nSPS) is 26.0. The third-order valence-corrected chi connectivity index (χ3v) is 6.41. The Hall–Kier alpha value is -1.81. The van der Waals surface area contributed by atoms with Crippen LogP contribution in [0.25, 0.3) is 0 Å². The summed E-state index contributed by atoms with van der Waals surface area (Å²) in [6.45, 7) is 7.12. The van der Waals surface area contributed by atoms with E-state index in [1.807, 2.05) is 0 Å². The minimum absolute atomic E-state index is 0.0368. The van der Waals surface area contributed by atoms with Crippen molar-refractivity contribution < 1.29 is 51.7 Å². The van der Waals surface area contributed by atoms with Crippen LogP contribution in [0.3, 0.4) is 0 Å². The maximum Gasteiger partial charge on any atom is 0.330 e. The summed E-state index contributed by atoms with van der Waals surface area (Å²) < 4.78 is 45.2. The van der Waals surface area contributed by atoms with Crippen LogP contribution in [-0.4, -0.2) is 74.1 Å². The molecule has 1 saturated heterocycles. The van der Waals surface area contributed by atoms with E-state index in [2.05, 4.69) is 0 Å². The van der Waals surface area contributed by atoms with Crippen molar-refractivity contribution in [2.45, 2.75) is 78.0 Å². The third kappa shape index (κ3) is 8.68. The van der Waals surface area contributed by atoms with Gasteiger partial charge in [-0.25, -0.2) is 0 Å². The second kappa shape index (κ2) is 12.9. The minimum atomic E-state index is -3.45. The Morgan fingerprint density at radius 2 is 1.29 bits per heavy atom. The van der Waals surface area contributed by atoms with Crippen molar-refractivity contribution in [2.24, 2.45) is 0 Å². The van der Waals surface area contributed by atoms with E-state index in [4.69, 9.17) is 28.0 Å². The van der Waals surface area contributed by atoms with E-state index in [1.165, 1.54) is 0 Å². The fourth-order valence-corrected chi connectivity index (χ4v) is 5.04. The zero-order chi connectivity index (χ0) is 23.6. The Balaban J connectivity index is 3.27. The van der Waals surface area contributed by atoms with Crippen molar-refractivity contribution in [3.63, 3.8) is 0 Å². The predicted molar refractivity (Wildman–Crippen MR) is 106 cm³/mol. The van der Waals surface area contributed by atoms with E-state index in [0.29, 0.717) is 6.29 Å². The van der Waals surface area contributed by atoms with E-state index in [0.717, 1.165) is 20.8 Å². The Kier molecular flexibility index (Phi) is 11.3. The topological polar surface area (TPSA) is 141 Å². The van der Waals surface area contributed by atoms with Crippen molar-refractivity contribution in [3.8, 4) is 0 Å². The molecule has 0 aliphatic carbocycles. The summed E-state index contributed by atoms with van der Waals surface area (Å²) >= 11 is 0. The predicted octanol–water partition coefficient (Wildman–Crippen LogP) is 1.79. The van der Waals surface area contributed by atoms with Gasteiger partial charge in [0.05, 0.1) is 25.5 Å². The van der Waals surface area contributed by atoms with Gasteiger partial charge >= 0.3 is 25.5 Å². The summed E-state index contributed by atoms with van der Waals surface area (Å²) in [6.07, 6.45) is -5.13. The second-order valence-electron chi connectivity index (χ2n) is 6.80. The van der Waals surface area contributed by atoms with Crippen LogP contribution in [0.15, 0.2) is 0 Å². The lowest BCUT2D eigenvalue weighted by molar-refractivity contribution is -0.246. The Bertz CT molecular complexity index is 670. The first-order valence-electron chi connectivity index (χ1n) is 10.1. The van der Waals surface area contributed by atoms with Gasteiger partial charge in [0.1, 0.15) is 12.4 Å². The lowest BCUT2D eigenvalue weighted by Crippen LogP contribution is -2.61. The first-order valence-corrected chi connectivity index (χ1v) is 11.8. The summed E-state index contributed by atoms with van der Waals surface area (Å²) in [4.78, 5) is 46.3. The van der Waals surface area contributed by atoms with Crippen LogP contribution in [-0.2, 0) is 51.7 Å². The molecular formula is C19H31O11P. The first-order chi connectivity index (χ1) is 14.6. The molecule has 11 nitrogen and oxygen atoms in total. The SMILES string of the molecule is CCOP(=O)(CC[C@H]1O[C@H](CC=O)[C@@H](OC(C)=O)[C@@H](OC(C)=O)[C@@H]1OC(C)=O)OCC. The number of hydrogen-bond acceptors (Lipinski definition) is 11. The number of carbonyl (C=O) groups is 4. The fourth-order valence-electron chi connectivity index (χ4n) is 3.35. The van der Waals surface area contributed by atoms with Crippen LogP contribution in [0.5, 0.6) is 0 Å². The van der Waals surface area contributed by atoms with Crippen molar-refractivity contribution in [1.29, 1.82) is 0 Å². The Morgan fingerprint density at radius 3 is 1.71 bits per heavy atom. The van der Waals surface area contributed by atoms with Gasteiger partial charge in [0.25, 0.3) is 0 Å². The molecule has 0 spiro atoms. The highest BCUT2D eigenvalue weighted by Gasteiger charge is 2.51. The van der Waals surface area contributed by atoms with Crippen molar-refractivity contribution in [2.75, 3.05) is 19.4 Å². The largest absolute Gasteiger partial charge is 0.456 e. The van der Waals surface area contributed by atoms with Gasteiger partial charge in [-0.2, -0.15) is 0 Å². The molecule has 1 heterocycles. The van der Waals surface area contributed by atoms with E-state index in [-0.39, 0.29) is 32.2 Å². The van der Waals surface area contributed by atoms with Crippen LogP contribution in [0.1, 0.15) is 47.5 Å². The minimum Gasteiger partial charge on any atom is -0.456 e. The highest BCUT2D eigenvalue weighted by molar-refractivity contribution is 7.53. The monoisotopic (exact) mass is 466 g/mol. The Labute approximate surface area is 181 Å². The molecule has 0 amide bonds. The van der Waals surface area contributed by atoms with Crippen LogP contribution < -0.4 is 0 Å². The number of esters is 3. The van der Waals surface area contributed by atoms with Crippen LogP contribution in [0.2, 0.25) is 0 Å². The third-order valence-electron chi connectivity index (χ3n) is 4.30. The molecule has 5 atom stereocenters. The summed E-state index contributed by atoms with van der Waals surface area (Å²) in [5, 5.41) is 0. The van der Waals surface area contributed by atoms with Gasteiger partial charge in [-0.05, 0) is 20.3 Å². The van der Waals surface area contributed by atoms with Crippen LogP contribution in [0, 0.1) is 0 Å². The molecule has 0 bridgehead atoms. The van der Waals surface area contributed by atoms with E-state index >= 15 is 0 Å². The molecule has 1 rings (SSSR count). The van der Waals surface area contributed by atoms with E-state index in [1.54, 1.807) is 13.8 Å². The fraction of sp³-hybridized carbons (Fsp3) is 0.789. The van der Waals surface area contributed by atoms with Gasteiger partial charge in [-0.3, -0.25) is 18.9 Å². The van der Waals surface area contributed by atoms with E-state index < -0.39 is 56.0 Å².